The van der Waals surface area contributed by atoms with Gasteiger partial charge < -0.3 is 9.84 Å². The van der Waals surface area contributed by atoms with E-state index in [0.29, 0.717) is 5.75 Å². The second-order valence-electron chi connectivity index (χ2n) is 4.48. The Hall–Kier alpha value is -1.73. The molecule has 0 unspecified atom stereocenters. The SMILES string of the molecule is Cc1ccc(OC[C@H](O)Cn2cnc([S@](C)=O)n2)cc1. The third-order valence-corrected chi connectivity index (χ3v) is 3.34. The van der Waals surface area contributed by atoms with Crippen LogP contribution < -0.4 is 4.74 Å². The van der Waals surface area contributed by atoms with Crippen LogP contribution in [0.3, 0.4) is 0 Å². The Labute approximate surface area is 119 Å². The molecule has 0 aliphatic heterocycles. The quantitative estimate of drug-likeness (QED) is 0.851. The predicted octanol–water partition coefficient (Wildman–Crippen LogP) is 0.764. The highest BCUT2D eigenvalue weighted by atomic mass is 32.2. The van der Waals surface area contributed by atoms with E-state index in [1.54, 1.807) is 0 Å². The molecule has 1 N–H and O–H groups in total. The first kappa shape index (κ1) is 14.7. The molecule has 0 bridgehead atoms. The molecular weight excluding hydrogens is 278 g/mol. The number of aliphatic hydroxyl groups excluding tert-OH is 1. The Morgan fingerprint density at radius 3 is 2.70 bits per heavy atom. The van der Waals surface area contributed by atoms with Crippen molar-refractivity contribution in [2.45, 2.75) is 24.7 Å². The summed E-state index contributed by atoms with van der Waals surface area (Å²) >= 11 is 0. The lowest BCUT2D eigenvalue weighted by molar-refractivity contribution is 0.0890. The molecule has 7 heteroatoms. The van der Waals surface area contributed by atoms with Crippen LogP contribution in [0.1, 0.15) is 5.56 Å². The largest absolute Gasteiger partial charge is 0.491 e. The van der Waals surface area contributed by atoms with E-state index in [1.165, 1.54) is 17.3 Å². The molecule has 0 amide bonds. The molecule has 0 saturated heterocycles. The lowest BCUT2D eigenvalue weighted by Gasteiger charge is -2.12. The molecule has 1 aromatic carbocycles. The van der Waals surface area contributed by atoms with Crippen LogP contribution >= 0.6 is 0 Å². The third-order valence-electron chi connectivity index (χ3n) is 2.63. The molecule has 6 nitrogen and oxygen atoms in total. The van der Waals surface area contributed by atoms with Crippen LogP contribution in [0.4, 0.5) is 0 Å². The molecule has 2 atom stereocenters. The molecule has 0 aliphatic carbocycles. The highest BCUT2D eigenvalue weighted by molar-refractivity contribution is 7.84. The molecule has 0 saturated carbocycles. The number of rotatable bonds is 6. The summed E-state index contributed by atoms with van der Waals surface area (Å²) in [6.07, 6.45) is 2.25. The maximum absolute atomic E-state index is 11.2. The minimum absolute atomic E-state index is 0.160. The van der Waals surface area contributed by atoms with Crippen molar-refractivity contribution in [3.8, 4) is 5.75 Å². The van der Waals surface area contributed by atoms with E-state index >= 15 is 0 Å². The molecule has 1 aromatic heterocycles. The number of ether oxygens (including phenoxy) is 1. The van der Waals surface area contributed by atoms with Gasteiger partial charge in [0.1, 0.15) is 24.8 Å². The molecule has 0 aliphatic rings. The normalized spacial score (nSPS) is 13.9. The fourth-order valence-electron chi connectivity index (χ4n) is 1.59. The van der Waals surface area contributed by atoms with Crippen molar-refractivity contribution in [2.24, 2.45) is 0 Å². The van der Waals surface area contributed by atoms with Gasteiger partial charge in [0.05, 0.1) is 17.3 Å². The van der Waals surface area contributed by atoms with E-state index in [0.717, 1.165) is 5.56 Å². The maximum Gasteiger partial charge on any atom is 0.238 e. The smallest absolute Gasteiger partial charge is 0.238 e. The number of nitrogens with zero attached hydrogens (tertiary/aromatic N) is 3. The van der Waals surface area contributed by atoms with Crippen molar-refractivity contribution in [1.82, 2.24) is 14.8 Å². The Morgan fingerprint density at radius 1 is 1.40 bits per heavy atom. The first-order valence-corrected chi connectivity index (χ1v) is 7.71. The maximum atomic E-state index is 11.2. The molecule has 0 fully saturated rings. The summed E-state index contributed by atoms with van der Waals surface area (Å²) in [6, 6.07) is 7.61. The van der Waals surface area contributed by atoms with Crippen molar-refractivity contribution in [3.63, 3.8) is 0 Å². The fraction of sp³-hybridized carbons (Fsp3) is 0.385. The lowest BCUT2D eigenvalue weighted by Crippen LogP contribution is -2.24. The van der Waals surface area contributed by atoms with Gasteiger partial charge in [0.15, 0.2) is 0 Å². The fourth-order valence-corrected chi connectivity index (χ4v) is 2.01. The van der Waals surface area contributed by atoms with Gasteiger partial charge in [0.2, 0.25) is 5.16 Å². The van der Waals surface area contributed by atoms with Gasteiger partial charge in [-0.2, -0.15) is 0 Å². The van der Waals surface area contributed by atoms with Crippen LogP contribution in [0.2, 0.25) is 0 Å². The van der Waals surface area contributed by atoms with Gasteiger partial charge >= 0.3 is 0 Å². The molecule has 0 spiro atoms. The van der Waals surface area contributed by atoms with Gasteiger partial charge in [-0.1, -0.05) is 17.7 Å². The van der Waals surface area contributed by atoms with Gasteiger partial charge in [-0.15, -0.1) is 5.10 Å². The zero-order chi connectivity index (χ0) is 14.5. The first-order chi connectivity index (χ1) is 9.54. The van der Waals surface area contributed by atoms with Crippen molar-refractivity contribution in [2.75, 3.05) is 12.9 Å². The summed E-state index contributed by atoms with van der Waals surface area (Å²) in [5.41, 5.74) is 1.15. The average molecular weight is 295 g/mol. The Bertz CT molecular complexity index is 583. The Balaban J connectivity index is 1.84. The van der Waals surface area contributed by atoms with Gasteiger partial charge in [-0.05, 0) is 19.1 Å². The van der Waals surface area contributed by atoms with Gasteiger partial charge in [-0.3, -0.25) is 4.21 Å². The summed E-state index contributed by atoms with van der Waals surface area (Å²) in [7, 11) is -1.21. The second-order valence-corrected chi connectivity index (χ2v) is 5.75. The Morgan fingerprint density at radius 2 is 2.10 bits per heavy atom. The predicted molar refractivity (Wildman–Crippen MR) is 75.0 cm³/mol. The zero-order valence-electron chi connectivity index (χ0n) is 11.4. The van der Waals surface area contributed by atoms with E-state index in [2.05, 4.69) is 10.1 Å². The molecule has 2 aromatic rings. The van der Waals surface area contributed by atoms with Crippen LogP contribution in [0.5, 0.6) is 5.75 Å². The van der Waals surface area contributed by atoms with Crippen molar-refractivity contribution < 1.29 is 14.1 Å². The van der Waals surface area contributed by atoms with Gasteiger partial charge in [-0.25, -0.2) is 9.67 Å². The van der Waals surface area contributed by atoms with E-state index in [1.807, 2.05) is 31.2 Å². The van der Waals surface area contributed by atoms with E-state index in [-0.39, 0.29) is 18.3 Å². The van der Waals surface area contributed by atoms with Crippen molar-refractivity contribution in [1.29, 1.82) is 0 Å². The molecule has 2 rings (SSSR count). The number of aromatic nitrogens is 3. The van der Waals surface area contributed by atoms with E-state index in [9.17, 15) is 9.32 Å². The summed E-state index contributed by atoms with van der Waals surface area (Å²) in [5.74, 6) is 0.712. The number of aliphatic hydroxyl groups is 1. The van der Waals surface area contributed by atoms with E-state index < -0.39 is 16.9 Å². The minimum atomic E-state index is -1.21. The van der Waals surface area contributed by atoms with Gasteiger partial charge in [0.25, 0.3) is 0 Å². The summed E-state index contributed by atoms with van der Waals surface area (Å²) < 4.78 is 18.1. The number of aryl methyl sites for hydroxylation is 1. The summed E-state index contributed by atoms with van der Waals surface area (Å²) in [6.45, 7) is 2.40. The Kier molecular flexibility index (Phi) is 4.86. The van der Waals surface area contributed by atoms with Crippen LogP contribution in [0.15, 0.2) is 35.7 Å². The van der Waals surface area contributed by atoms with Crippen LogP contribution in [0.25, 0.3) is 0 Å². The van der Waals surface area contributed by atoms with Crippen LogP contribution in [0, 0.1) is 6.92 Å². The monoisotopic (exact) mass is 295 g/mol. The lowest BCUT2D eigenvalue weighted by atomic mass is 10.2. The highest BCUT2D eigenvalue weighted by Crippen LogP contribution is 2.11. The van der Waals surface area contributed by atoms with Crippen LogP contribution in [-0.4, -0.2) is 43.0 Å². The van der Waals surface area contributed by atoms with Gasteiger partial charge in [0, 0.05) is 6.26 Å². The molecule has 108 valence electrons. The van der Waals surface area contributed by atoms with Crippen molar-refractivity contribution >= 4 is 10.8 Å². The average Bonchev–Trinajstić information content (AvgIpc) is 2.87. The van der Waals surface area contributed by atoms with Crippen LogP contribution in [-0.2, 0) is 17.3 Å². The number of hydrogen-bond donors (Lipinski definition) is 1. The zero-order valence-corrected chi connectivity index (χ0v) is 12.2. The third kappa shape index (κ3) is 4.14. The minimum Gasteiger partial charge on any atom is -0.491 e. The summed E-state index contributed by atoms with van der Waals surface area (Å²) in [5, 5.41) is 14.1. The van der Waals surface area contributed by atoms with E-state index in [4.69, 9.17) is 4.74 Å². The molecule has 0 radical (unpaired) electrons. The first-order valence-electron chi connectivity index (χ1n) is 6.15. The molecule has 20 heavy (non-hydrogen) atoms. The molecule has 1 heterocycles. The number of benzene rings is 1. The standard InChI is InChI=1S/C13H17N3O3S/c1-10-3-5-12(6-4-10)19-8-11(17)7-16-9-14-13(15-16)20(2)18/h3-6,9,11,17H,7-8H2,1-2H3/t11-,20+/m1/s1. The topological polar surface area (TPSA) is 77.2 Å². The molecular formula is C13H17N3O3S. The van der Waals surface area contributed by atoms with Crippen molar-refractivity contribution in [3.05, 3.63) is 36.2 Å². The summed E-state index contributed by atoms with van der Waals surface area (Å²) in [4.78, 5) is 3.90. The highest BCUT2D eigenvalue weighted by Gasteiger charge is 2.10. The number of hydrogen-bond acceptors (Lipinski definition) is 5. The second kappa shape index (κ2) is 6.62.